The first-order chi connectivity index (χ1) is 14.1. The topological polar surface area (TPSA) is 82.1 Å². The quantitative estimate of drug-likeness (QED) is 0.697. The average molecular weight is 397 g/mol. The first-order valence-electron chi connectivity index (χ1n) is 9.42. The summed E-state index contributed by atoms with van der Waals surface area (Å²) in [5.74, 6) is 0.0212. The van der Waals surface area contributed by atoms with Crippen LogP contribution in [-0.4, -0.2) is 49.6 Å². The van der Waals surface area contributed by atoms with E-state index in [1.807, 2.05) is 30.3 Å². The lowest BCUT2D eigenvalue weighted by molar-refractivity contribution is -0.149. The molecule has 0 N–H and O–H groups in total. The third-order valence-electron chi connectivity index (χ3n) is 4.78. The number of ether oxygens (including phenoxy) is 3. The van der Waals surface area contributed by atoms with Crippen molar-refractivity contribution in [2.24, 2.45) is 5.92 Å². The number of methoxy groups -OCH3 is 1. The van der Waals surface area contributed by atoms with Crippen molar-refractivity contribution in [2.75, 3.05) is 26.8 Å². The summed E-state index contributed by atoms with van der Waals surface area (Å²) in [6, 6.07) is 15.8. The van der Waals surface area contributed by atoms with E-state index >= 15 is 0 Å². The highest BCUT2D eigenvalue weighted by molar-refractivity contribution is 5.91. The number of rotatable bonds is 6. The van der Waals surface area contributed by atoms with Crippen molar-refractivity contribution in [1.29, 1.82) is 0 Å². The van der Waals surface area contributed by atoms with Gasteiger partial charge >= 0.3 is 11.9 Å². The van der Waals surface area contributed by atoms with Gasteiger partial charge in [0.15, 0.2) is 6.61 Å². The molecule has 1 heterocycles. The molecule has 0 aromatic heterocycles. The molecule has 152 valence electrons. The van der Waals surface area contributed by atoms with Crippen LogP contribution in [0.3, 0.4) is 0 Å². The molecular formula is C22H23NO6. The predicted octanol–water partition coefficient (Wildman–Crippen LogP) is 3.05. The van der Waals surface area contributed by atoms with Crippen LogP contribution in [-0.2, 0) is 19.1 Å². The van der Waals surface area contributed by atoms with Gasteiger partial charge in [-0.05, 0) is 49.2 Å². The van der Waals surface area contributed by atoms with Gasteiger partial charge in [-0.2, -0.15) is 0 Å². The second kappa shape index (κ2) is 9.73. The third kappa shape index (κ3) is 5.57. The minimum atomic E-state index is -0.575. The van der Waals surface area contributed by atoms with Crippen LogP contribution in [0.1, 0.15) is 23.2 Å². The van der Waals surface area contributed by atoms with E-state index in [4.69, 9.17) is 14.2 Å². The Morgan fingerprint density at radius 3 is 2.17 bits per heavy atom. The molecule has 0 bridgehead atoms. The van der Waals surface area contributed by atoms with E-state index in [2.05, 4.69) is 0 Å². The van der Waals surface area contributed by atoms with Crippen LogP contribution in [0.4, 0.5) is 0 Å². The highest BCUT2D eigenvalue weighted by Gasteiger charge is 2.28. The maximum absolute atomic E-state index is 12.2. The number of carbonyl (C=O) groups excluding carboxylic acids is 3. The van der Waals surface area contributed by atoms with Gasteiger partial charge in [-0.1, -0.05) is 18.2 Å². The van der Waals surface area contributed by atoms with E-state index < -0.39 is 5.97 Å². The summed E-state index contributed by atoms with van der Waals surface area (Å²) >= 11 is 0. The molecule has 1 aliphatic rings. The van der Waals surface area contributed by atoms with Crippen LogP contribution >= 0.6 is 0 Å². The van der Waals surface area contributed by atoms with Gasteiger partial charge in [-0.15, -0.1) is 0 Å². The van der Waals surface area contributed by atoms with Gasteiger partial charge in [-0.25, -0.2) is 4.79 Å². The number of piperidine rings is 1. The summed E-state index contributed by atoms with van der Waals surface area (Å²) in [6.07, 6.45) is 1.10. The smallest absolute Gasteiger partial charge is 0.338 e. The van der Waals surface area contributed by atoms with E-state index in [-0.39, 0.29) is 24.4 Å². The summed E-state index contributed by atoms with van der Waals surface area (Å²) in [6.45, 7) is 0.563. The highest BCUT2D eigenvalue weighted by atomic mass is 16.5. The van der Waals surface area contributed by atoms with Crippen LogP contribution in [0.5, 0.6) is 11.5 Å². The van der Waals surface area contributed by atoms with Gasteiger partial charge in [0.05, 0.1) is 18.6 Å². The minimum absolute atomic E-state index is 0.178. The Bertz CT molecular complexity index is 841. The van der Waals surface area contributed by atoms with Crippen molar-refractivity contribution in [2.45, 2.75) is 12.8 Å². The molecular weight excluding hydrogens is 374 g/mol. The molecule has 0 spiro atoms. The zero-order valence-electron chi connectivity index (χ0n) is 16.2. The van der Waals surface area contributed by atoms with Gasteiger partial charge in [0.1, 0.15) is 11.5 Å². The molecule has 1 saturated heterocycles. The van der Waals surface area contributed by atoms with E-state index in [1.54, 1.807) is 29.2 Å². The Kier molecular flexibility index (Phi) is 6.84. The lowest BCUT2D eigenvalue weighted by atomic mass is 9.97. The maximum Gasteiger partial charge on any atom is 0.338 e. The Morgan fingerprint density at radius 1 is 0.931 bits per heavy atom. The summed E-state index contributed by atoms with van der Waals surface area (Å²) in [5, 5.41) is 0. The first kappa shape index (κ1) is 20.4. The molecule has 1 fully saturated rings. The second-order valence-corrected chi connectivity index (χ2v) is 6.69. The molecule has 7 heteroatoms. The molecule has 0 unspecified atom stereocenters. The molecule has 0 radical (unpaired) electrons. The van der Waals surface area contributed by atoms with E-state index in [0.717, 1.165) is 0 Å². The average Bonchev–Trinajstić information content (AvgIpc) is 2.78. The molecule has 1 aliphatic heterocycles. The van der Waals surface area contributed by atoms with E-state index in [1.165, 1.54) is 7.11 Å². The summed E-state index contributed by atoms with van der Waals surface area (Å²) < 4.78 is 15.5. The third-order valence-corrected chi connectivity index (χ3v) is 4.78. The van der Waals surface area contributed by atoms with Crippen molar-refractivity contribution < 1.29 is 28.6 Å². The number of carbonyl (C=O) groups is 3. The Hall–Kier alpha value is -3.35. The molecule has 1 amide bonds. The molecule has 7 nitrogen and oxygen atoms in total. The van der Waals surface area contributed by atoms with Gasteiger partial charge < -0.3 is 19.1 Å². The van der Waals surface area contributed by atoms with Gasteiger partial charge in [0.25, 0.3) is 5.91 Å². The highest BCUT2D eigenvalue weighted by Crippen LogP contribution is 2.22. The fraction of sp³-hybridized carbons (Fsp3) is 0.318. The zero-order chi connectivity index (χ0) is 20.6. The number of amides is 1. The molecule has 2 aromatic carbocycles. The number of benzene rings is 2. The van der Waals surface area contributed by atoms with Crippen LogP contribution in [0.25, 0.3) is 0 Å². The van der Waals surface area contributed by atoms with E-state index in [0.29, 0.717) is 43.0 Å². The fourth-order valence-corrected chi connectivity index (χ4v) is 3.12. The Balaban J connectivity index is 1.45. The molecule has 2 aromatic rings. The maximum atomic E-state index is 12.2. The van der Waals surface area contributed by atoms with Gasteiger partial charge in [0, 0.05) is 13.1 Å². The number of likely N-dealkylation sites (tertiary alicyclic amines) is 1. The Morgan fingerprint density at radius 2 is 1.55 bits per heavy atom. The van der Waals surface area contributed by atoms with Crippen molar-refractivity contribution in [3.8, 4) is 11.5 Å². The van der Waals surface area contributed by atoms with Crippen LogP contribution < -0.4 is 4.74 Å². The normalized spacial score (nSPS) is 14.2. The SMILES string of the molecule is COC(=O)C1CCN(C(=O)COC(=O)c2ccc(Oc3ccccc3)cc2)CC1. The largest absolute Gasteiger partial charge is 0.469 e. The molecule has 29 heavy (non-hydrogen) atoms. The predicted molar refractivity (Wildman–Crippen MR) is 105 cm³/mol. The van der Waals surface area contributed by atoms with Crippen LogP contribution in [0.15, 0.2) is 54.6 Å². The van der Waals surface area contributed by atoms with Crippen LogP contribution in [0.2, 0.25) is 0 Å². The Labute approximate surface area is 169 Å². The summed E-state index contributed by atoms with van der Waals surface area (Å²) in [7, 11) is 1.36. The van der Waals surface area contributed by atoms with Crippen molar-refractivity contribution in [1.82, 2.24) is 4.90 Å². The van der Waals surface area contributed by atoms with Crippen molar-refractivity contribution in [3.63, 3.8) is 0 Å². The lowest BCUT2D eigenvalue weighted by Gasteiger charge is -2.30. The van der Waals surface area contributed by atoms with Gasteiger partial charge in [-0.3, -0.25) is 9.59 Å². The number of hydrogen-bond acceptors (Lipinski definition) is 6. The number of para-hydroxylation sites is 1. The number of hydrogen-bond donors (Lipinski definition) is 0. The first-order valence-corrected chi connectivity index (χ1v) is 9.42. The molecule has 0 saturated carbocycles. The number of nitrogens with zero attached hydrogens (tertiary/aromatic N) is 1. The lowest BCUT2D eigenvalue weighted by Crippen LogP contribution is -2.42. The standard InChI is InChI=1S/C22H23NO6/c1-27-21(25)17-11-13-23(14-12-17)20(24)15-28-22(26)16-7-9-19(10-8-16)29-18-5-3-2-4-6-18/h2-10,17H,11-15H2,1H3. The summed E-state index contributed by atoms with van der Waals surface area (Å²) in [4.78, 5) is 37.6. The number of esters is 2. The molecule has 3 rings (SSSR count). The monoisotopic (exact) mass is 397 g/mol. The zero-order valence-corrected chi connectivity index (χ0v) is 16.2. The summed E-state index contributed by atoms with van der Waals surface area (Å²) in [5.41, 5.74) is 0.336. The molecule has 0 atom stereocenters. The molecule has 0 aliphatic carbocycles. The van der Waals surface area contributed by atoms with Crippen molar-refractivity contribution in [3.05, 3.63) is 60.2 Å². The van der Waals surface area contributed by atoms with E-state index in [9.17, 15) is 14.4 Å². The fourth-order valence-electron chi connectivity index (χ4n) is 3.12. The van der Waals surface area contributed by atoms with Crippen molar-refractivity contribution >= 4 is 17.8 Å². The van der Waals surface area contributed by atoms with Gasteiger partial charge in [0.2, 0.25) is 0 Å². The second-order valence-electron chi connectivity index (χ2n) is 6.69. The van der Waals surface area contributed by atoms with Crippen LogP contribution in [0, 0.1) is 5.92 Å². The minimum Gasteiger partial charge on any atom is -0.469 e.